The van der Waals surface area contributed by atoms with Gasteiger partial charge in [0.2, 0.25) is 0 Å². The number of aromatic nitrogens is 2. The Morgan fingerprint density at radius 3 is 2.52 bits per heavy atom. The minimum absolute atomic E-state index is 0.201. The van der Waals surface area contributed by atoms with Gasteiger partial charge in [0, 0.05) is 25.2 Å². The average Bonchev–Trinajstić information content (AvgIpc) is 2.95. The molecule has 2 rings (SSSR count). The summed E-state index contributed by atoms with van der Waals surface area (Å²) < 4.78 is 1.88. The summed E-state index contributed by atoms with van der Waals surface area (Å²) in [5.41, 5.74) is 2.97. The van der Waals surface area contributed by atoms with E-state index < -0.39 is 0 Å². The molecule has 0 fully saturated rings. The SMILES string of the molecule is CCNCC(CC)(CCc1cnn(C)c1)c1ccccc1. The van der Waals surface area contributed by atoms with Crippen molar-refractivity contribution in [2.45, 2.75) is 38.5 Å². The van der Waals surface area contributed by atoms with Crippen molar-refractivity contribution in [2.75, 3.05) is 13.1 Å². The van der Waals surface area contributed by atoms with Crippen molar-refractivity contribution in [3.05, 3.63) is 53.9 Å². The molecule has 1 aromatic carbocycles. The lowest BCUT2D eigenvalue weighted by Crippen LogP contribution is -2.38. The van der Waals surface area contributed by atoms with E-state index >= 15 is 0 Å². The van der Waals surface area contributed by atoms with Gasteiger partial charge in [0.05, 0.1) is 6.20 Å². The molecule has 1 atom stereocenters. The summed E-state index contributed by atoms with van der Waals surface area (Å²) in [6.45, 7) is 6.52. The van der Waals surface area contributed by atoms with Crippen LogP contribution in [0.15, 0.2) is 42.7 Å². The average molecular weight is 285 g/mol. The van der Waals surface area contributed by atoms with E-state index in [4.69, 9.17) is 0 Å². The van der Waals surface area contributed by atoms with E-state index in [0.717, 1.165) is 32.4 Å². The first-order chi connectivity index (χ1) is 10.2. The molecule has 1 aromatic heterocycles. The molecule has 1 unspecified atom stereocenters. The Kier molecular flexibility index (Phi) is 5.57. The zero-order valence-corrected chi connectivity index (χ0v) is 13.5. The van der Waals surface area contributed by atoms with Crippen LogP contribution in [0.4, 0.5) is 0 Å². The Balaban J connectivity index is 2.18. The van der Waals surface area contributed by atoms with E-state index in [-0.39, 0.29) is 5.41 Å². The highest BCUT2D eigenvalue weighted by atomic mass is 15.2. The van der Waals surface area contributed by atoms with Crippen LogP contribution in [-0.4, -0.2) is 22.9 Å². The molecular weight excluding hydrogens is 258 g/mol. The standard InChI is InChI=1S/C18H27N3/c1-4-18(15-19-5-2,17-9-7-6-8-10-17)12-11-16-13-20-21(3)14-16/h6-10,13-14,19H,4-5,11-12,15H2,1-3H3. The Hall–Kier alpha value is -1.61. The van der Waals surface area contributed by atoms with Gasteiger partial charge in [-0.2, -0.15) is 5.10 Å². The summed E-state index contributed by atoms with van der Waals surface area (Å²) in [6.07, 6.45) is 7.47. The fourth-order valence-electron chi connectivity index (χ4n) is 2.98. The van der Waals surface area contributed by atoms with Crippen LogP contribution in [0.25, 0.3) is 0 Å². The number of nitrogens with one attached hydrogen (secondary N) is 1. The molecule has 3 nitrogen and oxygen atoms in total. The van der Waals surface area contributed by atoms with Gasteiger partial charge in [0.15, 0.2) is 0 Å². The van der Waals surface area contributed by atoms with Crippen LogP contribution in [0.3, 0.4) is 0 Å². The zero-order chi connectivity index (χ0) is 15.1. The van der Waals surface area contributed by atoms with Crippen molar-refractivity contribution in [3.63, 3.8) is 0 Å². The van der Waals surface area contributed by atoms with Crippen molar-refractivity contribution < 1.29 is 0 Å². The second-order valence-corrected chi connectivity index (χ2v) is 5.80. The van der Waals surface area contributed by atoms with Gasteiger partial charge < -0.3 is 5.32 Å². The monoisotopic (exact) mass is 285 g/mol. The predicted molar refractivity (Wildman–Crippen MR) is 88.5 cm³/mol. The third-order valence-corrected chi connectivity index (χ3v) is 4.43. The largest absolute Gasteiger partial charge is 0.316 e. The number of benzene rings is 1. The highest BCUT2D eigenvalue weighted by Gasteiger charge is 2.29. The Morgan fingerprint density at radius 1 is 1.19 bits per heavy atom. The van der Waals surface area contributed by atoms with Crippen LogP contribution in [0, 0.1) is 0 Å². The van der Waals surface area contributed by atoms with Gasteiger partial charge in [0.1, 0.15) is 0 Å². The number of likely N-dealkylation sites (N-methyl/N-ethyl adjacent to an activating group) is 1. The van der Waals surface area contributed by atoms with Gasteiger partial charge in [-0.1, -0.05) is 44.2 Å². The van der Waals surface area contributed by atoms with Crippen LogP contribution < -0.4 is 5.32 Å². The Bertz CT molecular complexity index is 532. The molecule has 1 N–H and O–H groups in total. The van der Waals surface area contributed by atoms with E-state index in [1.165, 1.54) is 11.1 Å². The van der Waals surface area contributed by atoms with Crippen LogP contribution in [-0.2, 0) is 18.9 Å². The van der Waals surface area contributed by atoms with Crippen LogP contribution >= 0.6 is 0 Å². The second kappa shape index (κ2) is 7.41. The van der Waals surface area contributed by atoms with E-state index in [0.29, 0.717) is 0 Å². The third kappa shape index (κ3) is 3.94. The highest BCUT2D eigenvalue weighted by Crippen LogP contribution is 2.32. The summed E-state index contributed by atoms with van der Waals surface area (Å²) in [6, 6.07) is 10.9. The van der Waals surface area contributed by atoms with Gasteiger partial charge in [-0.3, -0.25) is 4.68 Å². The van der Waals surface area contributed by atoms with Crippen LogP contribution in [0.5, 0.6) is 0 Å². The molecule has 0 saturated carbocycles. The van der Waals surface area contributed by atoms with Gasteiger partial charge in [-0.25, -0.2) is 0 Å². The summed E-state index contributed by atoms with van der Waals surface area (Å²) >= 11 is 0. The van der Waals surface area contributed by atoms with E-state index in [2.05, 4.69) is 60.8 Å². The quantitative estimate of drug-likeness (QED) is 0.806. The lowest BCUT2D eigenvalue weighted by atomic mass is 9.74. The molecule has 0 spiro atoms. The molecule has 0 aliphatic heterocycles. The van der Waals surface area contributed by atoms with E-state index in [1.807, 2.05) is 17.9 Å². The minimum Gasteiger partial charge on any atom is -0.316 e. The molecule has 0 bridgehead atoms. The highest BCUT2D eigenvalue weighted by molar-refractivity contribution is 5.26. The lowest BCUT2D eigenvalue weighted by molar-refractivity contribution is 0.358. The number of rotatable bonds is 8. The van der Waals surface area contributed by atoms with Gasteiger partial charge in [-0.15, -0.1) is 0 Å². The molecule has 21 heavy (non-hydrogen) atoms. The molecule has 0 aliphatic rings. The van der Waals surface area contributed by atoms with E-state index in [9.17, 15) is 0 Å². The first kappa shape index (κ1) is 15.8. The summed E-state index contributed by atoms with van der Waals surface area (Å²) in [4.78, 5) is 0. The van der Waals surface area contributed by atoms with Gasteiger partial charge in [-0.05, 0) is 36.9 Å². The normalized spacial score (nSPS) is 14.0. The van der Waals surface area contributed by atoms with Crippen molar-refractivity contribution in [2.24, 2.45) is 7.05 Å². The summed E-state index contributed by atoms with van der Waals surface area (Å²) in [5.74, 6) is 0. The minimum atomic E-state index is 0.201. The van der Waals surface area contributed by atoms with Crippen molar-refractivity contribution in [3.8, 4) is 0 Å². The third-order valence-electron chi connectivity index (χ3n) is 4.43. The molecule has 114 valence electrons. The van der Waals surface area contributed by atoms with Crippen LogP contribution in [0.2, 0.25) is 0 Å². The molecule has 0 aliphatic carbocycles. The smallest absolute Gasteiger partial charge is 0.0521 e. The first-order valence-corrected chi connectivity index (χ1v) is 7.94. The van der Waals surface area contributed by atoms with E-state index in [1.54, 1.807) is 0 Å². The fraction of sp³-hybridized carbons (Fsp3) is 0.500. The number of aryl methyl sites for hydroxylation is 2. The fourth-order valence-corrected chi connectivity index (χ4v) is 2.98. The Labute approximate surface area is 128 Å². The molecule has 0 saturated heterocycles. The number of nitrogens with zero attached hydrogens (tertiary/aromatic N) is 2. The lowest BCUT2D eigenvalue weighted by Gasteiger charge is -2.34. The molecule has 0 radical (unpaired) electrons. The summed E-state index contributed by atoms with van der Waals surface area (Å²) in [5, 5.41) is 7.84. The Morgan fingerprint density at radius 2 is 1.95 bits per heavy atom. The second-order valence-electron chi connectivity index (χ2n) is 5.80. The van der Waals surface area contributed by atoms with Gasteiger partial charge in [0.25, 0.3) is 0 Å². The molecular formula is C18H27N3. The summed E-state index contributed by atoms with van der Waals surface area (Å²) in [7, 11) is 1.98. The number of hydrogen-bond donors (Lipinski definition) is 1. The molecule has 0 amide bonds. The van der Waals surface area contributed by atoms with Crippen molar-refractivity contribution >= 4 is 0 Å². The van der Waals surface area contributed by atoms with Crippen LogP contribution in [0.1, 0.15) is 37.8 Å². The molecule has 2 aromatic rings. The maximum Gasteiger partial charge on any atom is 0.0521 e. The number of hydrogen-bond acceptors (Lipinski definition) is 2. The molecule has 1 heterocycles. The zero-order valence-electron chi connectivity index (χ0n) is 13.5. The first-order valence-electron chi connectivity index (χ1n) is 7.94. The maximum atomic E-state index is 4.28. The van der Waals surface area contributed by atoms with Crippen molar-refractivity contribution in [1.82, 2.24) is 15.1 Å². The molecule has 3 heteroatoms. The topological polar surface area (TPSA) is 29.9 Å². The predicted octanol–water partition coefficient (Wildman–Crippen LogP) is 3.31. The maximum absolute atomic E-state index is 4.28. The van der Waals surface area contributed by atoms with Gasteiger partial charge >= 0.3 is 0 Å². The van der Waals surface area contributed by atoms with Crippen molar-refractivity contribution in [1.29, 1.82) is 0 Å².